The monoisotopic (exact) mass is 167 g/mol. The first-order valence-electron chi connectivity index (χ1n) is 4.64. The van der Waals surface area contributed by atoms with Crippen LogP contribution in [-0.4, -0.2) is 15.0 Å². The van der Waals surface area contributed by atoms with Crippen molar-refractivity contribution in [3.63, 3.8) is 0 Å². The lowest BCUT2D eigenvalue weighted by Crippen LogP contribution is -1.96. The Labute approximate surface area is 73.8 Å². The molecule has 1 atom stereocenters. The van der Waals surface area contributed by atoms with Crippen LogP contribution in [-0.2, 0) is 7.05 Å². The molecule has 0 N–H and O–H groups in total. The van der Waals surface area contributed by atoms with E-state index in [1.807, 2.05) is 13.2 Å². The smallest absolute Gasteiger partial charge is 0.0857 e. The van der Waals surface area contributed by atoms with Crippen LogP contribution in [0.4, 0.5) is 0 Å². The Bertz CT molecular complexity index is 229. The highest BCUT2D eigenvalue weighted by molar-refractivity contribution is 5.00. The predicted octanol–water partition coefficient (Wildman–Crippen LogP) is 2.11. The molecule has 3 heteroatoms. The molecule has 0 aromatic carbocycles. The van der Waals surface area contributed by atoms with E-state index in [-0.39, 0.29) is 0 Å². The van der Waals surface area contributed by atoms with Crippen molar-refractivity contribution < 1.29 is 0 Å². The van der Waals surface area contributed by atoms with Crippen LogP contribution in [0.25, 0.3) is 0 Å². The lowest BCUT2D eigenvalue weighted by Gasteiger charge is -2.08. The maximum atomic E-state index is 4.12. The van der Waals surface area contributed by atoms with E-state index in [1.54, 1.807) is 4.68 Å². The molecule has 0 aliphatic heterocycles. The Hall–Kier alpha value is -0.860. The molecular formula is C9H17N3. The molecule has 0 aliphatic rings. The lowest BCUT2D eigenvalue weighted by atomic mass is 9.98. The van der Waals surface area contributed by atoms with Gasteiger partial charge in [0.2, 0.25) is 0 Å². The van der Waals surface area contributed by atoms with Gasteiger partial charge in [-0.15, -0.1) is 5.10 Å². The van der Waals surface area contributed by atoms with Crippen molar-refractivity contribution in [2.24, 2.45) is 7.05 Å². The SMILES string of the molecule is CCCC(CC)c1cn(C)nn1. The number of nitrogens with zero attached hydrogens (tertiary/aromatic N) is 3. The number of aromatic nitrogens is 3. The molecule has 3 nitrogen and oxygen atoms in total. The third kappa shape index (κ3) is 2.06. The van der Waals surface area contributed by atoms with E-state index in [1.165, 1.54) is 12.8 Å². The fourth-order valence-corrected chi connectivity index (χ4v) is 1.46. The second-order valence-electron chi connectivity index (χ2n) is 3.21. The molecule has 1 rings (SSSR count). The van der Waals surface area contributed by atoms with E-state index >= 15 is 0 Å². The van der Waals surface area contributed by atoms with E-state index < -0.39 is 0 Å². The molecule has 0 spiro atoms. The predicted molar refractivity (Wildman–Crippen MR) is 48.9 cm³/mol. The Morgan fingerprint density at radius 1 is 1.50 bits per heavy atom. The highest BCUT2D eigenvalue weighted by Gasteiger charge is 2.10. The third-order valence-corrected chi connectivity index (χ3v) is 2.17. The van der Waals surface area contributed by atoms with Crippen LogP contribution in [0.15, 0.2) is 6.20 Å². The number of hydrogen-bond acceptors (Lipinski definition) is 2. The van der Waals surface area contributed by atoms with Gasteiger partial charge in [0.1, 0.15) is 0 Å². The van der Waals surface area contributed by atoms with E-state index in [0.29, 0.717) is 5.92 Å². The quantitative estimate of drug-likeness (QED) is 0.687. The molecule has 0 amide bonds. The van der Waals surface area contributed by atoms with Crippen LogP contribution in [0.1, 0.15) is 44.7 Å². The normalized spacial score (nSPS) is 13.2. The minimum atomic E-state index is 0.601. The zero-order valence-corrected chi connectivity index (χ0v) is 8.12. The second kappa shape index (κ2) is 4.24. The van der Waals surface area contributed by atoms with E-state index in [2.05, 4.69) is 24.2 Å². The topological polar surface area (TPSA) is 30.7 Å². The molecule has 0 saturated heterocycles. The van der Waals surface area contributed by atoms with Crippen LogP contribution in [0, 0.1) is 0 Å². The molecule has 1 unspecified atom stereocenters. The van der Waals surface area contributed by atoms with Crippen molar-refractivity contribution in [3.05, 3.63) is 11.9 Å². The summed E-state index contributed by atoms with van der Waals surface area (Å²) in [5, 5.41) is 8.05. The molecular weight excluding hydrogens is 150 g/mol. The molecule has 0 bridgehead atoms. The van der Waals surface area contributed by atoms with Crippen molar-refractivity contribution >= 4 is 0 Å². The van der Waals surface area contributed by atoms with Crippen molar-refractivity contribution in [1.29, 1.82) is 0 Å². The van der Waals surface area contributed by atoms with Gasteiger partial charge in [-0.1, -0.05) is 25.5 Å². The first kappa shape index (κ1) is 9.23. The summed E-state index contributed by atoms with van der Waals surface area (Å²) in [5.41, 5.74) is 1.14. The molecule has 68 valence electrons. The summed E-state index contributed by atoms with van der Waals surface area (Å²) >= 11 is 0. The first-order chi connectivity index (χ1) is 5.77. The Morgan fingerprint density at radius 2 is 2.25 bits per heavy atom. The molecule has 12 heavy (non-hydrogen) atoms. The average molecular weight is 167 g/mol. The zero-order chi connectivity index (χ0) is 8.97. The standard InChI is InChI=1S/C9H17N3/c1-4-6-8(5-2)9-7-12(3)11-10-9/h7-8H,4-6H2,1-3H3. The summed E-state index contributed by atoms with van der Waals surface area (Å²) in [5.74, 6) is 0.601. The lowest BCUT2D eigenvalue weighted by molar-refractivity contribution is 0.579. The summed E-state index contributed by atoms with van der Waals surface area (Å²) in [6.07, 6.45) is 5.61. The highest BCUT2D eigenvalue weighted by Crippen LogP contribution is 2.21. The van der Waals surface area contributed by atoms with Crippen LogP contribution in [0.5, 0.6) is 0 Å². The van der Waals surface area contributed by atoms with Crippen molar-refractivity contribution in [1.82, 2.24) is 15.0 Å². The van der Waals surface area contributed by atoms with Crippen molar-refractivity contribution in [2.75, 3.05) is 0 Å². The minimum Gasteiger partial charge on any atom is -0.255 e. The van der Waals surface area contributed by atoms with Gasteiger partial charge in [0.25, 0.3) is 0 Å². The second-order valence-corrected chi connectivity index (χ2v) is 3.21. The number of rotatable bonds is 4. The molecule has 1 aromatic rings. The maximum absolute atomic E-state index is 4.12. The molecule has 1 aromatic heterocycles. The largest absolute Gasteiger partial charge is 0.255 e. The van der Waals surface area contributed by atoms with E-state index in [4.69, 9.17) is 0 Å². The van der Waals surface area contributed by atoms with Gasteiger partial charge in [-0.25, -0.2) is 0 Å². The minimum absolute atomic E-state index is 0.601. The summed E-state index contributed by atoms with van der Waals surface area (Å²) in [6.45, 7) is 4.41. The Balaban J connectivity index is 2.66. The molecule has 0 radical (unpaired) electrons. The van der Waals surface area contributed by atoms with Crippen molar-refractivity contribution in [3.8, 4) is 0 Å². The van der Waals surface area contributed by atoms with Crippen LogP contribution >= 0.6 is 0 Å². The Morgan fingerprint density at radius 3 is 2.67 bits per heavy atom. The van der Waals surface area contributed by atoms with E-state index in [0.717, 1.165) is 12.1 Å². The number of hydrogen-bond donors (Lipinski definition) is 0. The average Bonchev–Trinajstić information content (AvgIpc) is 2.47. The zero-order valence-electron chi connectivity index (χ0n) is 8.12. The van der Waals surface area contributed by atoms with Crippen LogP contribution < -0.4 is 0 Å². The highest BCUT2D eigenvalue weighted by atomic mass is 15.4. The van der Waals surface area contributed by atoms with E-state index in [9.17, 15) is 0 Å². The summed E-state index contributed by atoms with van der Waals surface area (Å²) < 4.78 is 1.77. The Kier molecular flexibility index (Phi) is 3.26. The molecule has 0 saturated carbocycles. The van der Waals surface area contributed by atoms with Gasteiger partial charge >= 0.3 is 0 Å². The maximum Gasteiger partial charge on any atom is 0.0857 e. The fourth-order valence-electron chi connectivity index (χ4n) is 1.46. The summed E-state index contributed by atoms with van der Waals surface area (Å²) in [4.78, 5) is 0. The van der Waals surface area contributed by atoms with Crippen molar-refractivity contribution in [2.45, 2.75) is 39.0 Å². The fraction of sp³-hybridized carbons (Fsp3) is 0.778. The van der Waals surface area contributed by atoms with Gasteiger partial charge in [-0.2, -0.15) is 0 Å². The van der Waals surface area contributed by atoms with Crippen LogP contribution in [0.3, 0.4) is 0 Å². The van der Waals surface area contributed by atoms with Gasteiger partial charge in [0.15, 0.2) is 0 Å². The van der Waals surface area contributed by atoms with Gasteiger partial charge in [-0.3, -0.25) is 4.68 Å². The molecule has 0 fully saturated rings. The summed E-state index contributed by atoms with van der Waals surface area (Å²) in [6, 6.07) is 0. The van der Waals surface area contributed by atoms with Gasteiger partial charge in [-0.05, 0) is 12.8 Å². The van der Waals surface area contributed by atoms with Gasteiger partial charge < -0.3 is 0 Å². The number of aryl methyl sites for hydroxylation is 1. The molecule has 0 aliphatic carbocycles. The van der Waals surface area contributed by atoms with Gasteiger partial charge in [0.05, 0.1) is 5.69 Å². The molecule has 1 heterocycles. The first-order valence-corrected chi connectivity index (χ1v) is 4.64. The van der Waals surface area contributed by atoms with Crippen LogP contribution in [0.2, 0.25) is 0 Å². The third-order valence-electron chi connectivity index (χ3n) is 2.17. The summed E-state index contributed by atoms with van der Waals surface area (Å²) in [7, 11) is 1.91. The van der Waals surface area contributed by atoms with Gasteiger partial charge in [0, 0.05) is 19.2 Å².